The summed E-state index contributed by atoms with van der Waals surface area (Å²) in [5.74, 6) is 0.0469. The number of thiol groups is 1. The lowest BCUT2D eigenvalue weighted by Gasteiger charge is -2.30. The third-order valence-corrected chi connectivity index (χ3v) is 11.4. The first-order valence-corrected chi connectivity index (χ1v) is 17.9. The average molecular weight is 685 g/mol. The number of anilines is 1. The monoisotopic (exact) mass is 684 g/mol. The zero-order chi connectivity index (χ0) is 31.5. The largest absolute Gasteiger partial charge is 0.472 e. The minimum atomic E-state index is -4.81. The fourth-order valence-corrected chi connectivity index (χ4v) is 9.31. The smallest absolute Gasteiger partial charge is 0.388 e. The summed E-state index contributed by atoms with van der Waals surface area (Å²) in [7, 11) is -4.81. The van der Waals surface area contributed by atoms with Crippen LogP contribution in [0.5, 0.6) is 0 Å². The third-order valence-electron chi connectivity index (χ3n) is 8.80. The number of aliphatic hydroxyl groups excluding tert-OH is 1. The van der Waals surface area contributed by atoms with Gasteiger partial charge in [0.1, 0.15) is 36.0 Å². The molecule has 2 aliphatic carbocycles. The van der Waals surface area contributed by atoms with Crippen LogP contribution in [-0.4, -0.2) is 92.1 Å². The Morgan fingerprint density at radius 3 is 2.82 bits per heavy atom. The van der Waals surface area contributed by atoms with Gasteiger partial charge in [-0.15, -0.1) is 5.10 Å². The standard InChI is InChI=1S/C22H26N10O10P2S/c1-8-27-19-13(20(34)28-8)29-30-32(19)21-11-2-9(40-21)4-38-44(37,45)42-16-15(33)14(10-3-22(10,16)5-39-43(35,36)41-11)31-7-26-12-17(23)24-6-25-18(12)31/h6-7,9-11,14-16,21,33H,2-5H2,1H3,(H,35,36)(H,37,45)(H2,23,24,25)(H,27,28,34)/t9-,10+,11+,14+,15-,16-,21+,22?,44?/m0/s1. The summed E-state index contributed by atoms with van der Waals surface area (Å²) < 4.78 is 58.4. The van der Waals surface area contributed by atoms with E-state index in [-0.39, 0.29) is 41.8 Å². The lowest BCUT2D eigenvalue weighted by atomic mass is 10.0. The molecule has 0 radical (unpaired) electrons. The molecule has 4 aromatic rings. The van der Waals surface area contributed by atoms with Crippen molar-refractivity contribution in [1.29, 1.82) is 0 Å². The molecule has 2 saturated carbocycles. The van der Waals surface area contributed by atoms with Crippen molar-refractivity contribution in [2.24, 2.45) is 11.3 Å². The normalized spacial score (nSPS) is 40.0. The SMILES string of the molecule is Cc1nc2c(nnn2[C@@H]2O[C@@H]3COP(=O)(S)O[C@H]4[C@@H](O)[C@H](n5cnc6c(N)ncnc65)[C@H]5CC54COP(=O)(O)O[C@@H]2C3)c(=O)[nH]1. The number of nitrogens with one attached hydrogen (secondary N) is 1. The van der Waals surface area contributed by atoms with Crippen LogP contribution in [0.1, 0.15) is 30.9 Å². The van der Waals surface area contributed by atoms with Crippen LogP contribution < -0.4 is 11.3 Å². The number of fused-ring (bicyclic) bond motifs is 4. The molecule has 5 N–H and O–H groups in total. The summed E-state index contributed by atoms with van der Waals surface area (Å²) in [6.45, 7) is -3.35. The first-order chi connectivity index (χ1) is 21.4. The molecule has 2 saturated heterocycles. The van der Waals surface area contributed by atoms with Gasteiger partial charge in [0.05, 0.1) is 31.7 Å². The molecule has 45 heavy (non-hydrogen) atoms. The van der Waals surface area contributed by atoms with Gasteiger partial charge < -0.3 is 30.0 Å². The number of ether oxygens (including phenoxy) is 1. The second kappa shape index (κ2) is 10.1. The molecule has 23 heteroatoms. The summed E-state index contributed by atoms with van der Waals surface area (Å²) >= 11 is 4.18. The van der Waals surface area contributed by atoms with Gasteiger partial charge in [0, 0.05) is 11.8 Å². The Morgan fingerprint density at radius 1 is 1.18 bits per heavy atom. The molecule has 2 aliphatic heterocycles. The first kappa shape index (κ1) is 29.6. The Hall–Kier alpha value is -2.84. The van der Waals surface area contributed by atoms with Crippen LogP contribution in [0.2, 0.25) is 0 Å². The van der Waals surface area contributed by atoms with Gasteiger partial charge in [-0.1, -0.05) is 17.5 Å². The molecular formula is C22H26N10O10P2S. The molecule has 1 spiro atoms. The van der Waals surface area contributed by atoms with Crippen LogP contribution in [0.25, 0.3) is 22.3 Å². The van der Waals surface area contributed by atoms with Gasteiger partial charge in [-0.2, -0.15) is 4.68 Å². The van der Waals surface area contributed by atoms with Crippen molar-refractivity contribution < 1.29 is 42.0 Å². The highest BCUT2D eigenvalue weighted by Gasteiger charge is 2.74. The lowest BCUT2D eigenvalue weighted by molar-refractivity contribution is -0.0634. The summed E-state index contributed by atoms with van der Waals surface area (Å²) in [4.78, 5) is 42.6. The number of nitrogens with zero attached hydrogens (tertiary/aromatic N) is 8. The number of aromatic amines is 1. The van der Waals surface area contributed by atoms with E-state index in [9.17, 15) is 23.9 Å². The van der Waals surface area contributed by atoms with E-state index in [0.29, 0.717) is 17.6 Å². The maximum Gasteiger partial charge on any atom is 0.472 e. The predicted octanol–water partition coefficient (Wildman–Crippen LogP) is 0.410. The van der Waals surface area contributed by atoms with Crippen molar-refractivity contribution in [3.05, 3.63) is 28.8 Å². The van der Waals surface area contributed by atoms with Crippen LogP contribution in [-0.2, 0) is 32.0 Å². The summed E-state index contributed by atoms with van der Waals surface area (Å²) in [5, 5.41) is 19.4. The molecule has 10 atom stereocenters. The van der Waals surface area contributed by atoms with Gasteiger partial charge in [-0.3, -0.25) is 22.9 Å². The second-order valence-electron chi connectivity index (χ2n) is 11.5. The molecule has 8 rings (SSSR count). The number of aryl methyl sites for hydroxylation is 1. The summed E-state index contributed by atoms with van der Waals surface area (Å²) in [6, 6.07) is -0.707. The van der Waals surface area contributed by atoms with E-state index >= 15 is 0 Å². The number of hydrogen-bond donors (Lipinski definition) is 5. The third kappa shape index (κ3) is 4.76. The van der Waals surface area contributed by atoms with E-state index in [4.69, 9.17) is 28.6 Å². The number of H-pyrrole nitrogens is 1. The number of nitrogens with two attached hydrogens (primary N) is 1. The minimum absolute atomic E-state index is 0.0313. The van der Waals surface area contributed by atoms with Gasteiger partial charge in [0.2, 0.25) is 0 Å². The zero-order valence-corrected chi connectivity index (χ0v) is 25.9. The number of imidazole rings is 1. The topological polar surface area (TPSA) is 267 Å². The highest BCUT2D eigenvalue weighted by atomic mass is 32.7. The van der Waals surface area contributed by atoms with Crippen molar-refractivity contribution in [1.82, 2.24) is 44.5 Å². The van der Waals surface area contributed by atoms with Crippen LogP contribution in [0.15, 0.2) is 17.4 Å². The number of aliphatic hydroxyl groups is 1. The molecule has 20 nitrogen and oxygen atoms in total. The van der Waals surface area contributed by atoms with Crippen molar-refractivity contribution >= 4 is 55.0 Å². The molecule has 3 unspecified atom stereocenters. The second-order valence-corrected chi connectivity index (χ2v) is 15.8. The van der Waals surface area contributed by atoms with Crippen LogP contribution in [0, 0.1) is 18.3 Å². The Balaban J connectivity index is 1.12. The first-order valence-electron chi connectivity index (χ1n) is 13.8. The molecule has 2 bridgehead atoms. The average Bonchev–Trinajstić information content (AvgIpc) is 3.31. The number of phosphoric acid groups is 1. The molecule has 4 aliphatic rings. The quantitative estimate of drug-likeness (QED) is 0.141. The molecule has 4 fully saturated rings. The molecule has 6 heterocycles. The van der Waals surface area contributed by atoms with Crippen LogP contribution in [0.3, 0.4) is 0 Å². The molecule has 0 aromatic carbocycles. The van der Waals surface area contributed by atoms with E-state index in [0.717, 1.165) is 0 Å². The number of nitrogen functional groups attached to an aromatic ring is 1. The van der Waals surface area contributed by atoms with E-state index < -0.39 is 68.9 Å². The fourth-order valence-electron chi connectivity index (χ4n) is 6.77. The Morgan fingerprint density at radius 2 is 2.00 bits per heavy atom. The molecule has 0 amide bonds. The van der Waals surface area contributed by atoms with E-state index in [2.05, 4.69) is 47.5 Å². The van der Waals surface area contributed by atoms with Gasteiger partial charge in [0.15, 0.2) is 28.9 Å². The molecule has 4 aromatic heterocycles. The molecule has 240 valence electrons. The van der Waals surface area contributed by atoms with Gasteiger partial charge in [0.25, 0.3) is 5.56 Å². The number of phosphoric ester groups is 1. The predicted molar refractivity (Wildman–Crippen MR) is 153 cm³/mol. The van der Waals surface area contributed by atoms with E-state index in [1.54, 1.807) is 11.5 Å². The van der Waals surface area contributed by atoms with Crippen LogP contribution >= 0.6 is 26.9 Å². The number of aromatic nitrogens is 9. The van der Waals surface area contributed by atoms with Gasteiger partial charge in [-0.05, 0) is 19.3 Å². The van der Waals surface area contributed by atoms with Crippen molar-refractivity contribution in [2.45, 2.75) is 56.5 Å². The van der Waals surface area contributed by atoms with Crippen molar-refractivity contribution in [3.63, 3.8) is 0 Å². The van der Waals surface area contributed by atoms with Gasteiger partial charge in [-0.25, -0.2) is 29.1 Å². The molecular weight excluding hydrogens is 658 g/mol. The lowest BCUT2D eigenvalue weighted by Crippen LogP contribution is -2.37. The Kier molecular flexibility index (Phi) is 6.62. The van der Waals surface area contributed by atoms with Crippen molar-refractivity contribution in [3.8, 4) is 0 Å². The number of rotatable bonds is 2. The zero-order valence-electron chi connectivity index (χ0n) is 23.2. The minimum Gasteiger partial charge on any atom is -0.388 e. The Bertz CT molecular complexity index is 2010. The number of hydrogen-bond acceptors (Lipinski definition) is 16. The summed E-state index contributed by atoms with van der Waals surface area (Å²) in [5.41, 5.74) is 5.01. The van der Waals surface area contributed by atoms with Crippen LogP contribution in [0.4, 0.5) is 5.82 Å². The highest BCUT2D eigenvalue weighted by molar-refractivity contribution is 8.44. The maximum atomic E-state index is 13.6. The summed E-state index contributed by atoms with van der Waals surface area (Å²) in [6.07, 6.45) is -2.65. The van der Waals surface area contributed by atoms with E-state index in [1.807, 2.05) is 0 Å². The van der Waals surface area contributed by atoms with Gasteiger partial charge >= 0.3 is 14.6 Å². The van der Waals surface area contributed by atoms with E-state index in [1.165, 1.54) is 17.3 Å². The maximum absolute atomic E-state index is 13.6. The Labute approximate surface area is 256 Å². The highest BCUT2D eigenvalue weighted by Crippen LogP contribution is 2.73. The van der Waals surface area contributed by atoms with Crippen molar-refractivity contribution in [2.75, 3.05) is 18.9 Å². The fraction of sp³-hybridized carbons (Fsp3) is 0.591.